The molecule has 0 bridgehead atoms. The number of halogens is 4. The van der Waals surface area contributed by atoms with E-state index in [4.69, 9.17) is 4.74 Å². The first-order valence-corrected chi connectivity index (χ1v) is 5.50. The summed E-state index contributed by atoms with van der Waals surface area (Å²) < 4.78 is 55.7. The Morgan fingerprint density at radius 3 is 2.21 bits per heavy atom. The molecule has 0 aliphatic carbocycles. The molecule has 1 nitrogen and oxygen atoms in total. The van der Waals surface area contributed by atoms with Crippen molar-refractivity contribution in [1.29, 1.82) is 0 Å². The highest BCUT2D eigenvalue weighted by Gasteiger charge is 2.33. The zero-order chi connectivity index (χ0) is 13.9. The lowest BCUT2D eigenvalue weighted by atomic mass is 10.1. The summed E-state index contributed by atoms with van der Waals surface area (Å²) in [5.74, 6) is -0.718. The predicted molar refractivity (Wildman–Crippen MR) is 62.2 cm³/mol. The van der Waals surface area contributed by atoms with Crippen LogP contribution in [0.5, 0.6) is 5.75 Å². The molecule has 0 saturated heterocycles. The van der Waals surface area contributed by atoms with Crippen LogP contribution < -0.4 is 4.74 Å². The Balaban J connectivity index is 2.09. The van der Waals surface area contributed by atoms with Gasteiger partial charge in [0.25, 0.3) is 0 Å². The molecule has 0 amide bonds. The lowest BCUT2D eigenvalue weighted by Gasteiger charge is -2.10. The maximum Gasteiger partial charge on any atom is 0.419 e. The van der Waals surface area contributed by atoms with Crippen LogP contribution in [0.2, 0.25) is 0 Å². The van der Waals surface area contributed by atoms with Crippen LogP contribution in [-0.4, -0.2) is 0 Å². The van der Waals surface area contributed by atoms with Crippen LogP contribution in [-0.2, 0) is 12.8 Å². The summed E-state index contributed by atoms with van der Waals surface area (Å²) in [6.45, 7) is 0.0130. The number of para-hydroxylation sites is 1. The molecule has 0 fully saturated rings. The Morgan fingerprint density at radius 1 is 0.947 bits per heavy atom. The quantitative estimate of drug-likeness (QED) is 0.750. The third-order valence-electron chi connectivity index (χ3n) is 2.49. The molecule has 0 aliphatic heterocycles. The summed E-state index contributed by atoms with van der Waals surface area (Å²) >= 11 is 0. The van der Waals surface area contributed by atoms with Gasteiger partial charge in [0, 0.05) is 0 Å². The lowest BCUT2D eigenvalue weighted by Crippen LogP contribution is -2.08. The Labute approximate surface area is 107 Å². The summed E-state index contributed by atoms with van der Waals surface area (Å²) in [7, 11) is 0. The number of hydrogen-bond donors (Lipinski definition) is 0. The number of rotatable bonds is 3. The van der Waals surface area contributed by atoms with Crippen molar-refractivity contribution < 1.29 is 22.3 Å². The van der Waals surface area contributed by atoms with Crippen molar-refractivity contribution in [3.63, 3.8) is 0 Å². The molecule has 5 heteroatoms. The zero-order valence-corrected chi connectivity index (χ0v) is 9.75. The van der Waals surface area contributed by atoms with Gasteiger partial charge >= 0.3 is 6.18 Å². The van der Waals surface area contributed by atoms with E-state index in [9.17, 15) is 17.6 Å². The van der Waals surface area contributed by atoms with Gasteiger partial charge in [0.2, 0.25) is 0 Å². The van der Waals surface area contributed by atoms with Gasteiger partial charge in [-0.3, -0.25) is 0 Å². The molecular weight excluding hydrogens is 260 g/mol. The normalized spacial score (nSPS) is 11.4. The van der Waals surface area contributed by atoms with Crippen molar-refractivity contribution in [2.75, 3.05) is 0 Å². The highest BCUT2D eigenvalue weighted by Crippen LogP contribution is 2.31. The summed E-state index contributed by atoms with van der Waals surface area (Å²) in [5.41, 5.74) is -0.926. The van der Waals surface area contributed by atoms with Crippen LogP contribution in [0.3, 0.4) is 0 Å². The average molecular weight is 270 g/mol. The monoisotopic (exact) mass is 270 g/mol. The van der Waals surface area contributed by atoms with Gasteiger partial charge in [0.15, 0.2) is 0 Å². The molecule has 0 atom stereocenters. The molecule has 0 spiro atoms. The first-order valence-electron chi connectivity index (χ1n) is 5.50. The fraction of sp³-hybridized carbons (Fsp3) is 0.143. The van der Waals surface area contributed by atoms with Crippen molar-refractivity contribution in [3.05, 3.63) is 65.5 Å². The van der Waals surface area contributed by atoms with Crippen molar-refractivity contribution >= 4 is 0 Å². The molecule has 0 saturated carbocycles. The molecule has 0 heterocycles. The largest absolute Gasteiger partial charge is 0.489 e. The molecule has 0 N–H and O–H groups in total. The Hall–Kier alpha value is -2.04. The SMILES string of the molecule is Fc1cc(COc2ccccc2)ccc1C(F)(F)F. The number of benzene rings is 2. The van der Waals surface area contributed by atoms with E-state index in [-0.39, 0.29) is 6.61 Å². The van der Waals surface area contributed by atoms with Crippen LogP contribution in [0.15, 0.2) is 48.5 Å². The fourth-order valence-corrected chi connectivity index (χ4v) is 1.56. The van der Waals surface area contributed by atoms with E-state index in [0.29, 0.717) is 11.3 Å². The van der Waals surface area contributed by atoms with E-state index >= 15 is 0 Å². The number of hydrogen-bond acceptors (Lipinski definition) is 1. The molecule has 100 valence electrons. The molecule has 0 unspecified atom stereocenters. The van der Waals surface area contributed by atoms with Crippen molar-refractivity contribution in [1.82, 2.24) is 0 Å². The van der Waals surface area contributed by atoms with E-state index in [0.717, 1.165) is 12.1 Å². The van der Waals surface area contributed by atoms with Gasteiger partial charge < -0.3 is 4.74 Å². The maximum atomic E-state index is 13.3. The molecule has 19 heavy (non-hydrogen) atoms. The van der Waals surface area contributed by atoms with Gasteiger partial charge in [0.05, 0.1) is 5.56 Å². The third kappa shape index (κ3) is 3.47. The molecule has 2 aromatic rings. The first-order chi connectivity index (χ1) is 8.97. The first kappa shape index (κ1) is 13.4. The second-order valence-corrected chi connectivity index (χ2v) is 3.91. The predicted octanol–water partition coefficient (Wildman–Crippen LogP) is 4.42. The summed E-state index contributed by atoms with van der Waals surface area (Å²) in [5, 5.41) is 0. The lowest BCUT2D eigenvalue weighted by molar-refractivity contribution is -0.140. The highest BCUT2D eigenvalue weighted by atomic mass is 19.4. The summed E-state index contributed by atoms with van der Waals surface area (Å²) in [6, 6.07) is 11.5. The Kier molecular flexibility index (Phi) is 3.74. The van der Waals surface area contributed by atoms with Gasteiger partial charge in [-0.25, -0.2) is 4.39 Å². The van der Waals surface area contributed by atoms with E-state index in [1.807, 2.05) is 6.07 Å². The van der Waals surface area contributed by atoms with Crippen molar-refractivity contribution in [2.45, 2.75) is 12.8 Å². The van der Waals surface area contributed by atoms with Gasteiger partial charge in [-0.05, 0) is 29.8 Å². The molecule has 2 aromatic carbocycles. The Bertz CT molecular complexity index is 549. The third-order valence-corrected chi connectivity index (χ3v) is 2.49. The highest BCUT2D eigenvalue weighted by molar-refractivity contribution is 5.27. The topological polar surface area (TPSA) is 9.23 Å². The number of ether oxygens (including phenoxy) is 1. The van der Waals surface area contributed by atoms with Crippen LogP contribution in [0.25, 0.3) is 0 Å². The average Bonchev–Trinajstić information content (AvgIpc) is 2.36. The molecular formula is C14H10F4O. The number of alkyl halides is 3. The molecule has 0 aliphatic rings. The molecule has 2 rings (SSSR count). The molecule has 0 aromatic heterocycles. The fourth-order valence-electron chi connectivity index (χ4n) is 1.56. The second kappa shape index (κ2) is 5.30. The standard InChI is InChI=1S/C14H10F4O/c15-13-8-10(6-7-12(13)14(16,17)18)9-19-11-4-2-1-3-5-11/h1-8H,9H2. The van der Waals surface area contributed by atoms with Gasteiger partial charge in [-0.1, -0.05) is 24.3 Å². The van der Waals surface area contributed by atoms with Crippen LogP contribution in [0.4, 0.5) is 17.6 Å². The smallest absolute Gasteiger partial charge is 0.419 e. The minimum Gasteiger partial charge on any atom is -0.489 e. The second-order valence-electron chi connectivity index (χ2n) is 3.91. The van der Waals surface area contributed by atoms with E-state index in [2.05, 4.69) is 0 Å². The van der Waals surface area contributed by atoms with Gasteiger partial charge in [0.1, 0.15) is 18.2 Å². The van der Waals surface area contributed by atoms with Crippen LogP contribution >= 0.6 is 0 Å². The van der Waals surface area contributed by atoms with E-state index in [1.165, 1.54) is 6.07 Å². The van der Waals surface area contributed by atoms with Crippen LogP contribution in [0.1, 0.15) is 11.1 Å². The van der Waals surface area contributed by atoms with Crippen molar-refractivity contribution in [3.8, 4) is 5.75 Å². The summed E-state index contributed by atoms with van der Waals surface area (Å²) in [6.07, 6.45) is -4.68. The van der Waals surface area contributed by atoms with E-state index < -0.39 is 17.6 Å². The maximum absolute atomic E-state index is 13.3. The summed E-state index contributed by atoms with van der Waals surface area (Å²) in [4.78, 5) is 0. The molecule has 0 radical (unpaired) electrons. The van der Waals surface area contributed by atoms with Gasteiger partial charge in [-0.2, -0.15) is 13.2 Å². The van der Waals surface area contributed by atoms with E-state index in [1.54, 1.807) is 24.3 Å². The van der Waals surface area contributed by atoms with Gasteiger partial charge in [-0.15, -0.1) is 0 Å². The minimum atomic E-state index is -4.68. The zero-order valence-electron chi connectivity index (χ0n) is 9.75. The Morgan fingerprint density at radius 2 is 1.63 bits per heavy atom. The minimum absolute atomic E-state index is 0.0130. The van der Waals surface area contributed by atoms with Crippen LogP contribution in [0, 0.1) is 5.82 Å². The van der Waals surface area contributed by atoms with Crippen molar-refractivity contribution in [2.24, 2.45) is 0 Å².